The van der Waals surface area contributed by atoms with Gasteiger partial charge < -0.3 is 10.1 Å². The molecule has 0 bridgehead atoms. The van der Waals surface area contributed by atoms with Crippen molar-refractivity contribution in [1.82, 2.24) is 5.32 Å². The fourth-order valence-electron chi connectivity index (χ4n) is 1.88. The number of nitro benzene ring substituents is 1. The zero-order chi connectivity index (χ0) is 14.8. The van der Waals surface area contributed by atoms with Crippen LogP contribution >= 0.6 is 0 Å². The molecule has 1 saturated heterocycles. The van der Waals surface area contributed by atoms with Crippen LogP contribution in [0, 0.1) is 10.1 Å². The standard InChI is InChI=1S/C12H12F2N2O4/c13-12(14)5-10(20-11(12)17)7-15-6-8-1-3-9(4-2-8)16(18)19/h1-4,10,15H,5-7H2. The fraction of sp³-hybridized carbons (Fsp3) is 0.417. The fourth-order valence-corrected chi connectivity index (χ4v) is 1.88. The van der Waals surface area contributed by atoms with Crippen molar-refractivity contribution in [3.8, 4) is 0 Å². The number of nitrogens with one attached hydrogen (secondary N) is 1. The Kier molecular flexibility index (Phi) is 3.93. The lowest BCUT2D eigenvalue weighted by atomic mass is 10.2. The molecule has 2 rings (SSSR count). The number of nitro groups is 1. The van der Waals surface area contributed by atoms with Gasteiger partial charge in [0.1, 0.15) is 6.10 Å². The predicted octanol–water partition coefficient (Wildman–Crippen LogP) is 1.64. The summed E-state index contributed by atoms with van der Waals surface area (Å²) in [6.07, 6.45) is -1.48. The Bertz CT molecular complexity index is 519. The van der Waals surface area contributed by atoms with Crippen molar-refractivity contribution < 1.29 is 23.2 Å². The highest BCUT2D eigenvalue weighted by Gasteiger charge is 2.50. The SMILES string of the molecule is O=C1OC(CNCc2ccc([N+](=O)[O-])cc2)CC1(F)F. The molecule has 1 atom stereocenters. The van der Waals surface area contributed by atoms with Crippen molar-refractivity contribution in [3.63, 3.8) is 0 Å². The minimum absolute atomic E-state index is 0.0156. The Balaban J connectivity index is 1.79. The van der Waals surface area contributed by atoms with E-state index in [2.05, 4.69) is 10.1 Å². The van der Waals surface area contributed by atoms with Gasteiger partial charge in [0.2, 0.25) is 0 Å². The van der Waals surface area contributed by atoms with Crippen molar-refractivity contribution in [2.45, 2.75) is 25.0 Å². The van der Waals surface area contributed by atoms with E-state index in [1.807, 2.05) is 0 Å². The normalized spacial score (nSPS) is 20.7. The summed E-state index contributed by atoms with van der Waals surface area (Å²) in [6, 6.07) is 5.86. The maximum Gasteiger partial charge on any atom is 0.377 e. The van der Waals surface area contributed by atoms with Gasteiger partial charge in [0.05, 0.1) is 11.3 Å². The molecule has 1 unspecified atom stereocenters. The first-order valence-corrected chi connectivity index (χ1v) is 5.91. The quantitative estimate of drug-likeness (QED) is 0.505. The lowest BCUT2D eigenvalue weighted by Crippen LogP contribution is -2.26. The number of nitrogens with zero attached hydrogens (tertiary/aromatic N) is 1. The Morgan fingerprint density at radius 3 is 2.55 bits per heavy atom. The van der Waals surface area contributed by atoms with Gasteiger partial charge in [0.15, 0.2) is 0 Å². The van der Waals surface area contributed by atoms with Crippen LogP contribution in [-0.4, -0.2) is 29.5 Å². The third-order valence-corrected chi connectivity index (χ3v) is 2.90. The molecule has 0 radical (unpaired) electrons. The average Bonchev–Trinajstić information content (AvgIpc) is 2.63. The summed E-state index contributed by atoms with van der Waals surface area (Å²) in [5.74, 6) is -4.89. The topological polar surface area (TPSA) is 81.5 Å². The first kappa shape index (κ1) is 14.3. The lowest BCUT2D eigenvalue weighted by Gasteiger charge is -2.09. The van der Waals surface area contributed by atoms with Gasteiger partial charge in [-0.1, -0.05) is 12.1 Å². The van der Waals surface area contributed by atoms with Gasteiger partial charge in [-0.15, -0.1) is 0 Å². The minimum atomic E-state index is -3.40. The van der Waals surface area contributed by atoms with Crippen LogP contribution < -0.4 is 5.32 Å². The zero-order valence-electron chi connectivity index (χ0n) is 10.3. The summed E-state index contributed by atoms with van der Waals surface area (Å²) < 4.78 is 30.3. The molecule has 1 aliphatic heterocycles. The second-order valence-electron chi connectivity index (χ2n) is 4.49. The number of hydrogen-bond acceptors (Lipinski definition) is 5. The van der Waals surface area contributed by atoms with Gasteiger partial charge in [0, 0.05) is 25.2 Å². The summed E-state index contributed by atoms with van der Waals surface area (Å²) in [7, 11) is 0. The molecule has 1 N–H and O–H groups in total. The number of rotatable bonds is 5. The third kappa shape index (κ3) is 3.27. The second kappa shape index (κ2) is 5.49. The van der Waals surface area contributed by atoms with E-state index in [9.17, 15) is 23.7 Å². The summed E-state index contributed by atoms with van der Waals surface area (Å²) in [5, 5.41) is 13.3. The molecule has 1 aromatic rings. The zero-order valence-corrected chi connectivity index (χ0v) is 10.3. The van der Waals surface area contributed by atoms with E-state index in [0.29, 0.717) is 6.54 Å². The van der Waals surface area contributed by atoms with Gasteiger partial charge in [-0.2, -0.15) is 8.78 Å². The molecule has 0 spiro atoms. The minimum Gasteiger partial charge on any atom is -0.456 e. The van der Waals surface area contributed by atoms with Crippen LogP contribution in [0.4, 0.5) is 14.5 Å². The highest BCUT2D eigenvalue weighted by atomic mass is 19.3. The smallest absolute Gasteiger partial charge is 0.377 e. The number of ether oxygens (including phenoxy) is 1. The Labute approximate surface area is 112 Å². The van der Waals surface area contributed by atoms with Crippen molar-refractivity contribution >= 4 is 11.7 Å². The van der Waals surface area contributed by atoms with Crippen LogP contribution in [0.1, 0.15) is 12.0 Å². The average molecular weight is 286 g/mol. The van der Waals surface area contributed by atoms with Crippen LogP contribution in [0.25, 0.3) is 0 Å². The number of cyclic esters (lactones) is 1. The summed E-state index contributed by atoms with van der Waals surface area (Å²) in [6.45, 7) is 0.454. The largest absolute Gasteiger partial charge is 0.456 e. The molecule has 1 aromatic carbocycles. The van der Waals surface area contributed by atoms with Gasteiger partial charge in [-0.05, 0) is 5.56 Å². The molecule has 0 aliphatic carbocycles. The first-order chi connectivity index (χ1) is 9.38. The Hall–Kier alpha value is -2.09. The van der Waals surface area contributed by atoms with Gasteiger partial charge in [0.25, 0.3) is 5.69 Å². The maximum absolute atomic E-state index is 12.9. The Morgan fingerprint density at radius 2 is 2.05 bits per heavy atom. The van der Waals surface area contributed by atoms with Crippen molar-refractivity contribution in [3.05, 3.63) is 39.9 Å². The monoisotopic (exact) mass is 286 g/mol. The van der Waals surface area contributed by atoms with Crippen molar-refractivity contribution in [1.29, 1.82) is 0 Å². The van der Waals surface area contributed by atoms with Gasteiger partial charge in [-0.25, -0.2) is 4.79 Å². The van der Waals surface area contributed by atoms with E-state index in [0.717, 1.165) is 5.56 Å². The van der Waals surface area contributed by atoms with E-state index in [1.54, 1.807) is 12.1 Å². The number of non-ortho nitro benzene ring substituents is 1. The van der Waals surface area contributed by atoms with Crippen molar-refractivity contribution in [2.24, 2.45) is 0 Å². The molecule has 0 aromatic heterocycles. The molecule has 8 heteroatoms. The summed E-state index contributed by atoms with van der Waals surface area (Å²) >= 11 is 0. The molecule has 0 amide bonds. The highest BCUT2D eigenvalue weighted by Crippen LogP contribution is 2.30. The molecule has 108 valence electrons. The number of esters is 1. The second-order valence-corrected chi connectivity index (χ2v) is 4.49. The molecular formula is C12H12F2N2O4. The van der Waals surface area contributed by atoms with E-state index in [-0.39, 0.29) is 12.2 Å². The van der Waals surface area contributed by atoms with Gasteiger partial charge in [-0.3, -0.25) is 10.1 Å². The number of alkyl halides is 2. The molecule has 20 heavy (non-hydrogen) atoms. The Morgan fingerprint density at radius 1 is 1.40 bits per heavy atom. The van der Waals surface area contributed by atoms with E-state index in [1.165, 1.54) is 12.1 Å². The molecular weight excluding hydrogens is 274 g/mol. The molecule has 1 heterocycles. The van der Waals surface area contributed by atoms with E-state index < -0.39 is 29.3 Å². The number of hydrogen-bond donors (Lipinski definition) is 1. The highest BCUT2D eigenvalue weighted by molar-refractivity contribution is 5.79. The molecule has 6 nitrogen and oxygen atoms in total. The number of benzene rings is 1. The number of carbonyl (C=O) groups excluding carboxylic acids is 1. The molecule has 0 saturated carbocycles. The summed E-state index contributed by atoms with van der Waals surface area (Å²) in [4.78, 5) is 20.7. The first-order valence-electron chi connectivity index (χ1n) is 5.91. The summed E-state index contributed by atoms with van der Waals surface area (Å²) in [5.41, 5.74) is 0.754. The van der Waals surface area contributed by atoms with E-state index in [4.69, 9.17) is 0 Å². The van der Waals surface area contributed by atoms with Crippen LogP contribution in [-0.2, 0) is 16.1 Å². The van der Waals surface area contributed by atoms with Crippen LogP contribution in [0.3, 0.4) is 0 Å². The third-order valence-electron chi connectivity index (χ3n) is 2.90. The van der Waals surface area contributed by atoms with Crippen LogP contribution in [0.2, 0.25) is 0 Å². The van der Waals surface area contributed by atoms with Gasteiger partial charge >= 0.3 is 11.9 Å². The molecule has 1 fully saturated rings. The predicted molar refractivity (Wildman–Crippen MR) is 64.2 cm³/mol. The maximum atomic E-state index is 12.9. The van der Waals surface area contributed by atoms with Crippen LogP contribution in [0.15, 0.2) is 24.3 Å². The molecule has 1 aliphatic rings. The number of halogens is 2. The van der Waals surface area contributed by atoms with Crippen LogP contribution in [0.5, 0.6) is 0 Å². The number of carbonyl (C=O) groups is 1. The van der Waals surface area contributed by atoms with Crippen molar-refractivity contribution in [2.75, 3.05) is 6.54 Å². The lowest BCUT2D eigenvalue weighted by molar-refractivity contribution is -0.384. The van der Waals surface area contributed by atoms with E-state index >= 15 is 0 Å².